The van der Waals surface area contributed by atoms with Gasteiger partial charge >= 0.3 is 5.69 Å². The summed E-state index contributed by atoms with van der Waals surface area (Å²) in [7, 11) is 0. The molecule has 170 valence electrons. The van der Waals surface area contributed by atoms with Gasteiger partial charge in [-0.3, -0.25) is 9.36 Å². The molecule has 2 aromatic heterocycles. The Hall–Kier alpha value is -4.53. The molecule has 0 atom stereocenters. The number of aromatic amines is 1. The highest BCUT2D eigenvalue weighted by molar-refractivity contribution is 5.82. The average Bonchev–Trinajstić information content (AvgIpc) is 3.34. The van der Waals surface area contributed by atoms with Crippen LogP contribution in [0.1, 0.15) is 12.5 Å². The number of benzene rings is 3. The van der Waals surface area contributed by atoms with Crippen molar-refractivity contribution in [3.63, 3.8) is 0 Å². The molecule has 0 aliphatic rings. The lowest BCUT2D eigenvalue weighted by atomic mass is 10.1. The lowest BCUT2D eigenvalue weighted by molar-refractivity contribution is 0.340. The van der Waals surface area contributed by atoms with Gasteiger partial charge in [-0.05, 0) is 67.1 Å². The summed E-state index contributed by atoms with van der Waals surface area (Å²) in [5.41, 5.74) is 1.29. The maximum atomic E-state index is 13.2. The van der Waals surface area contributed by atoms with E-state index in [2.05, 4.69) is 15.1 Å². The first-order valence-corrected chi connectivity index (χ1v) is 10.6. The predicted molar refractivity (Wildman–Crippen MR) is 124 cm³/mol. The zero-order valence-corrected chi connectivity index (χ0v) is 18.1. The number of fused-ring (bicyclic) bond motifs is 1. The Kier molecular flexibility index (Phi) is 5.51. The number of rotatable bonds is 6. The molecule has 0 aliphatic carbocycles. The van der Waals surface area contributed by atoms with E-state index in [-0.39, 0.29) is 18.3 Å². The number of H-pyrrole nitrogens is 1. The summed E-state index contributed by atoms with van der Waals surface area (Å²) in [6.45, 7) is 2.52. The third-order valence-corrected chi connectivity index (χ3v) is 5.33. The Labute approximate surface area is 192 Å². The molecule has 9 heteroatoms. The van der Waals surface area contributed by atoms with E-state index in [0.29, 0.717) is 34.5 Å². The first kappa shape index (κ1) is 21.3. The van der Waals surface area contributed by atoms with Crippen LogP contribution in [0.4, 0.5) is 4.39 Å². The van der Waals surface area contributed by atoms with E-state index in [9.17, 15) is 14.0 Å². The Morgan fingerprint density at radius 3 is 2.47 bits per heavy atom. The third kappa shape index (κ3) is 4.11. The molecule has 0 radical (unpaired) electrons. The van der Waals surface area contributed by atoms with Crippen molar-refractivity contribution in [2.24, 2.45) is 0 Å². The highest BCUT2D eigenvalue weighted by Gasteiger charge is 2.14. The van der Waals surface area contributed by atoms with Crippen molar-refractivity contribution in [3.8, 4) is 28.6 Å². The number of nitrogens with one attached hydrogen (secondary N) is 1. The van der Waals surface area contributed by atoms with E-state index in [4.69, 9.17) is 9.26 Å². The van der Waals surface area contributed by atoms with Crippen LogP contribution in [-0.2, 0) is 6.54 Å². The molecule has 0 aliphatic heterocycles. The minimum absolute atomic E-state index is 0.0290. The molecule has 1 N–H and O–H groups in total. The van der Waals surface area contributed by atoms with Crippen molar-refractivity contribution in [1.29, 1.82) is 0 Å². The number of halogens is 1. The summed E-state index contributed by atoms with van der Waals surface area (Å²) in [6.07, 6.45) is 0. The molecule has 0 amide bonds. The zero-order chi connectivity index (χ0) is 23.7. The maximum absolute atomic E-state index is 13.2. The second-order valence-corrected chi connectivity index (χ2v) is 7.59. The molecule has 0 saturated heterocycles. The summed E-state index contributed by atoms with van der Waals surface area (Å²) in [4.78, 5) is 32.7. The molecule has 0 bridgehead atoms. The van der Waals surface area contributed by atoms with Crippen molar-refractivity contribution >= 4 is 10.9 Å². The number of ether oxygens (including phenoxy) is 1. The van der Waals surface area contributed by atoms with Crippen LogP contribution in [0, 0.1) is 5.82 Å². The van der Waals surface area contributed by atoms with E-state index >= 15 is 0 Å². The van der Waals surface area contributed by atoms with E-state index in [1.807, 2.05) is 31.2 Å². The quantitative estimate of drug-likeness (QED) is 0.413. The Balaban J connectivity index is 1.46. The first-order valence-electron chi connectivity index (χ1n) is 10.6. The number of nitrogens with zero attached hydrogens (tertiary/aromatic N) is 3. The van der Waals surface area contributed by atoms with Gasteiger partial charge in [-0.1, -0.05) is 17.3 Å². The van der Waals surface area contributed by atoms with Gasteiger partial charge in [0.1, 0.15) is 11.6 Å². The van der Waals surface area contributed by atoms with E-state index in [1.54, 1.807) is 18.2 Å². The summed E-state index contributed by atoms with van der Waals surface area (Å²) in [5, 5.41) is 4.36. The Morgan fingerprint density at radius 2 is 1.74 bits per heavy atom. The van der Waals surface area contributed by atoms with Gasteiger partial charge in [0.25, 0.3) is 11.4 Å². The molecular weight excluding hydrogens is 439 g/mol. The molecule has 34 heavy (non-hydrogen) atoms. The van der Waals surface area contributed by atoms with Crippen molar-refractivity contribution in [2.45, 2.75) is 13.5 Å². The molecule has 3 aromatic carbocycles. The van der Waals surface area contributed by atoms with Gasteiger partial charge in [-0.25, -0.2) is 9.18 Å². The standard InChI is InChI=1S/C25H19FN4O4/c1-2-33-19-10-5-16(6-11-19)22-28-23(34-29-22)17-7-12-20-21(13-17)27-25(32)30(24(20)31)14-15-3-8-18(26)9-4-15/h3-13H,2,14H2,1H3,(H,27,32). The summed E-state index contributed by atoms with van der Waals surface area (Å²) in [6, 6.07) is 17.9. The van der Waals surface area contributed by atoms with Crippen LogP contribution >= 0.6 is 0 Å². The molecule has 0 unspecified atom stereocenters. The lowest BCUT2D eigenvalue weighted by Crippen LogP contribution is -2.35. The smallest absolute Gasteiger partial charge is 0.329 e. The fourth-order valence-electron chi connectivity index (χ4n) is 3.63. The van der Waals surface area contributed by atoms with Crippen molar-refractivity contribution in [1.82, 2.24) is 19.7 Å². The van der Waals surface area contributed by atoms with Gasteiger partial charge in [0.2, 0.25) is 5.82 Å². The van der Waals surface area contributed by atoms with E-state index < -0.39 is 11.2 Å². The minimum atomic E-state index is -0.570. The minimum Gasteiger partial charge on any atom is -0.494 e. The predicted octanol–water partition coefficient (Wildman–Crippen LogP) is 3.99. The molecule has 5 rings (SSSR count). The molecule has 2 heterocycles. The summed E-state index contributed by atoms with van der Waals surface area (Å²) in [5.74, 6) is 1.02. The molecule has 8 nitrogen and oxygen atoms in total. The van der Waals surface area contributed by atoms with Crippen LogP contribution in [0.25, 0.3) is 33.7 Å². The monoisotopic (exact) mass is 458 g/mol. The van der Waals surface area contributed by atoms with Gasteiger partial charge in [0.05, 0.1) is 24.1 Å². The highest BCUT2D eigenvalue weighted by atomic mass is 19.1. The van der Waals surface area contributed by atoms with Crippen LogP contribution in [0.15, 0.2) is 80.8 Å². The van der Waals surface area contributed by atoms with Crippen molar-refractivity contribution in [3.05, 3.63) is 98.9 Å². The summed E-state index contributed by atoms with van der Waals surface area (Å²) >= 11 is 0. The fraction of sp³-hybridized carbons (Fsp3) is 0.120. The Bertz CT molecular complexity index is 1590. The second kappa shape index (κ2) is 8.78. The van der Waals surface area contributed by atoms with Gasteiger partial charge in [0.15, 0.2) is 0 Å². The van der Waals surface area contributed by atoms with Crippen molar-refractivity contribution in [2.75, 3.05) is 6.61 Å². The number of aromatic nitrogens is 4. The van der Waals surface area contributed by atoms with Crippen LogP contribution in [-0.4, -0.2) is 26.3 Å². The van der Waals surface area contributed by atoms with Crippen molar-refractivity contribution < 1.29 is 13.7 Å². The lowest BCUT2D eigenvalue weighted by Gasteiger charge is -2.07. The second-order valence-electron chi connectivity index (χ2n) is 7.59. The largest absolute Gasteiger partial charge is 0.494 e. The SMILES string of the molecule is CCOc1ccc(-c2noc(-c3ccc4c(=O)n(Cc5ccc(F)cc5)c(=O)[nH]c4c3)n2)cc1. The molecule has 0 spiro atoms. The van der Waals surface area contributed by atoms with Crippen LogP contribution < -0.4 is 16.0 Å². The van der Waals surface area contributed by atoms with Gasteiger partial charge in [-0.2, -0.15) is 4.98 Å². The average molecular weight is 458 g/mol. The first-order chi connectivity index (χ1) is 16.5. The van der Waals surface area contributed by atoms with Crippen LogP contribution in [0.3, 0.4) is 0 Å². The fourth-order valence-corrected chi connectivity index (χ4v) is 3.63. The van der Waals surface area contributed by atoms with E-state index in [1.165, 1.54) is 24.3 Å². The maximum Gasteiger partial charge on any atom is 0.329 e. The highest BCUT2D eigenvalue weighted by Crippen LogP contribution is 2.25. The topological polar surface area (TPSA) is 103 Å². The van der Waals surface area contributed by atoms with Crippen LogP contribution in [0.2, 0.25) is 0 Å². The zero-order valence-electron chi connectivity index (χ0n) is 18.1. The summed E-state index contributed by atoms with van der Waals surface area (Å²) < 4.78 is 25.1. The van der Waals surface area contributed by atoms with E-state index in [0.717, 1.165) is 15.9 Å². The molecular formula is C25H19FN4O4. The number of hydrogen-bond acceptors (Lipinski definition) is 6. The van der Waals surface area contributed by atoms with Gasteiger partial charge < -0.3 is 14.2 Å². The molecule has 0 fully saturated rings. The molecule has 0 saturated carbocycles. The molecule has 5 aromatic rings. The van der Waals surface area contributed by atoms with Gasteiger partial charge in [-0.15, -0.1) is 0 Å². The van der Waals surface area contributed by atoms with Crippen LogP contribution in [0.5, 0.6) is 5.75 Å². The third-order valence-electron chi connectivity index (χ3n) is 5.33. The normalized spacial score (nSPS) is 11.1. The van der Waals surface area contributed by atoms with Gasteiger partial charge in [0, 0.05) is 11.1 Å². The number of hydrogen-bond donors (Lipinski definition) is 1. The Morgan fingerprint density at radius 1 is 1.00 bits per heavy atom.